The molecular weight excluding hydrogens is 211 g/mol. The SMILES string of the molecule is B1C=CC=C1.CC1(O)CCC2CC1(O)C2(C)C. The van der Waals surface area contributed by atoms with Gasteiger partial charge in [-0.15, -0.1) is 12.0 Å². The Balaban J connectivity index is 0.000000181. The van der Waals surface area contributed by atoms with Crippen molar-refractivity contribution in [3.8, 4) is 0 Å². The maximum absolute atomic E-state index is 10.2. The number of hydrogen-bond donors (Lipinski definition) is 2. The second kappa shape index (κ2) is 3.99. The topological polar surface area (TPSA) is 40.5 Å². The molecule has 2 N–H and O–H groups in total. The molecule has 1 heterocycles. The van der Waals surface area contributed by atoms with Crippen molar-refractivity contribution in [1.29, 1.82) is 0 Å². The largest absolute Gasteiger partial charge is 0.387 e. The van der Waals surface area contributed by atoms with Crippen LogP contribution in [0.1, 0.15) is 40.0 Å². The Morgan fingerprint density at radius 2 is 1.71 bits per heavy atom. The number of rotatable bonds is 0. The predicted molar refractivity (Wildman–Crippen MR) is 72.1 cm³/mol. The van der Waals surface area contributed by atoms with Crippen LogP contribution in [0.25, 0.3) is 0 Å². The lowest BCUT2D eigenvalue weighted by molar-refractivity contribution is -0.312. The zero-order chi connectivity index (χ0) is 12.7. The van der Waals surface area contributed by atoms with E-state index in [4.69, 9.17) is 0 Å². The minimum absolute atomic E-state index is 0.0885. The van der Waals surface area contributed by atoms with Gasteiger partial charge < -0.3 is 10.2 Å². The molecule has 3 fully saturated rings. The summed E-state index contributed by atoms with van der Waals surface area (Å²) in [6.45, 7) is 5.90. The standard InChI is InChI=1S/C10H18O2.C4H5B/c1-8(2)7-4-5-9(3,11)10(8,12)6-7;1-2-4-5-3-1/h7,11-12H,4-6H2,1-3H3;1-5H. The molecule has 0 amide bonds. The van der Waals surface area contributed by atoms with Gasteiger partial charge in [-0.2, -0.15) is 0 Å². The van der Waals surface area contributed by atoms with Gasteiger partial charge in [0.1, 0.15) is 0 Å². The van der Waals surface area contributed by atoms with E-state index in [0.717, 1.165) is 26.5 Å². The molecule has 0 saturated heterocycles. The molecule has 0 aromatic rings. The second-order valence-electron chi connectivity index (χ2n) is 6.39. The highest BCUT2D eigenvalue weighted by atomic mass is 16.4. The molecule has 3 saturated carbocycles. The zero-order valence-electron chi connectivity index (χ0n) is 11.1. The van der Waals surface area contributed by atoms with E-state index >= 15 is 0 Å². The maximum Gasteiger partial charge on any atom is 0.173 e. The summed E-state index contributed by atoms with van der Waals surface area (Å²) in [5.74, 6) is 4.86. The first-order valence-corrected chi connectivity index (χ1v) is 6.58. The summed E-state index contributed by atoms with van der Waals surface area (Å²) in [7, 11) is 1.14. The summed E-state index contributed by atoms with van der Waals surface area (Å²) in [5.41, 5.74) is -1.79. The van der Waals surface area contributed by atoms with Crippen molar-refractivity contribution in [3.05, 3.63) is 24.1 Å². The Bertz CT molecular complexity index is 337. The van der Waals surface area contributed by atoms with Gasteiger partial charge in [-0.05, 0) is 37.5 Å². The molecule has 2 bridgehead atoms. The van der Waals surface area contributed by atoms with Crippen molar-refractivity contribution in [3.63, 3.8) is 0 Å². The summed E-state index contributed by atoms with van der Waals surface area (Å²) < 4.78 is 0. The summed E-state index contributed by atoms with van der Waals surface area (Å²) >= 11 is 0. The van der Waals surface area contributed by atoms with Crippen LogP contribution in [-0.4, -0.2) is 28.7 Å². The third kappa shape index (κ3) is 1.80. The average molecular weight is 234 g/mol. The summed E-state index contributed by atoms with van der Waals surface area (Å²) in [5, 5.41) is 20.3. The highest BCUT2D eigenvalue weighted by Crippen LogP contribution is 2.65. The average Bonchev–Trinajstić information content (AvgIpc) is 2.80. The van der Waals surface area contributed by atoms with Gasteiger partial charge in [0.15, 0.2) is 7.28 Å². The molecule has 3 unspecified atom stereocenters. The van der Waals surface area contributed by atoms with Crippen LogP contribution in [0, 0.1) is 11.3 Å². The minimum atomic E-state index is -0.870. The van der Waals surface area contributed by atoms with Gasteiger partial charge in [-0.3, -0.25) is 0 Å². The van der Waals surface area contributed by atoms with Crippen molar-refractivity contribution < 1.29 is 10.2 Å². The number of allylic oxidation sites excluding steroid dienone is 2. The Morgan fingerprint density at radius 1 is 1.12 bits per heavy atom. The predicted octanol–water partition coefficient (Wildman–Crippen LogP) is 1.77. The molecule has 0 aromatic heterocycles. The van der Waals surface area contributed by atoms with Gasteiger partial charge >= 0.3 is 0 Å². The molecular formula is C14H23BO2. The van der Waals surface area contributed by atoms with Gasteiger partial charge in [0.25, 0.3) is 0 Å². The normalized spacial score (nSPS) is 44.4. The highest BCUT2D eigenvalue weighted by Gasteiger charge is 2.69. The molecule has 17 heavy (non-hydrogen) atoms. The van der Waals surface area contributed by atoms with Crippen molar-refractivity contribution in [2.24, 2.45) is 11.3 Å². The molecule has 1 aliphatic heterocycles. The molecule has 4 aliphatic rings. The Morgan fingerprint density at radius 3 is 2.00 bits per heavy atom. The van der Waals surface area contributed by atoms with Crippen LogP contribution in [0.15, 0.2) is 24.1 Å². The van der Waals surface area contributed by atoms with Crippen molar-refractivity contribution in [1.82, 2.24) is 0 Å². The molecule has 94 valence electrons. The van der Waals surface area contributed by atoms with E-state index in [-0.39, 0.29) is 5.41 Å². The van der Waals surface area contributed by atoms with Gasteiger partial charge in [-0.1, -0.05) is 26.0 Å². The van der Waals surface area contributed by atoms with Crippen LogP contribution < -0.4 is 0 Å². The van der Waals surface area contributed by atoms with E-state index in [1.807, 2.05) is 0 Å². The summed E-state index contributed by atoms with van der Waals surface area (Å²) in [6.07, 6.45) is 6.70. The van der Waals surface area contributed by atoms with Crippen LogP contribution in [-0.2, 0) is 0 Å². The summed E-state index contributed by atoms with van der Waals surface area (Å²) in [6, 6.07) is 0. The first kappa shape index (κ1) is 12.9. The molecule has 0 radical (unpaired) electrons. The van der Waals surface area contributed by atoms with E-state index in [0.29, 0.717) is 5.92 Å². The van der Waals surface area contributed by atoms with Gasteiger partial charge in [0.2, 0.25) is 0 Å². The van der Waals surface area contributed by atoms with E-state index in [1.54, 1.807) is 6.92 Å². The maximum atomic E-state index is 10.2. The molecule has 2 nitrogen and oxygen atoms in total. The second-order valence-corrected chi connectivity index (χ2v) is 6.39. The third-order valence-corrected chi connectivity index (χ3v) is 5.15. The van der Waals surface area contributed by atoms with Crippen molar-refractivity contribution >= 4 is 7.28 Å². The molecule has 3 aliphatic carbocycles. The van der Waals surface area contributed by atoms with Crippen LogP contribution in [0.3, 0.4) is 0 Å². The van der Waals surface area contributed by atoms with Crippen LogP contribution in [0.4, 0.5) is 0 Å². The Kier molecular flexibility index (Phi) is 3.03. The van der Waals surface area contributed by atoms with Crippen molar-refractivity contribution in [2.75, 3.05) is 0 Å². The fraction of sp³-hybridized carbons (Fsp3) is 0.714. The number of fused-ring (bicyclic) bond motifs is 2. The fourth-order valence-corrected chi connectivity index (χ4v) is 3.51. The number of hydrogen-bond acceptors (Lipinski definition) is 2. The molecule has 3 heteroatoms. The molecule has 0 spiro atoms. The van der Waals surface area contributed by atoms with Crippen molar-refractivity contribution in [2.45, 2.75) is 51.2 Å². The van der Waals surface area contributed by atoms with Gasteiger partial charge in [0, 0.05) is 0 Å². The number of aliphatic hydroxyl groups is 2. The van der Waals surface area contributed by atoms with Crippen LogP contribution in [0.2, 0.25) is 0 Å². The quantitative estimate of drug-likeness (QED) is 0.627. The molecule has 3 atom stereocenters. The first-order chi connectivity index (χ1) is 7.81. The molecule has 4 rings (SSSR count). The van der Waals surface area contributed by atoms with Gasteiger partial charge in [-0.25, -0.2) is 0 Å². The Hall–Kier alpha value is -0.535. The Labute approximate surface area is 105 Å². The molecule has 0 aromatic carbocycles. The van der Waals surface area contributed by atoms with Crippen LogP contribution >= 0.6 is 0 Å². The van der Waals surface area contributed by atoms with E-state index < -0.39 is 11.2 Å². The lowest BCUT2D eigenvalue weighted by atomic mass is 9.41. The lowest BCUT2D eigenvalue weighted by Gasteiger charge is -2.68. The zero-order valence-corrected chi connectivity index (χ0v) is 11.1. The third-order valence-electron chi connectivity index (χ3n) is 5.15. The summed E-state index contributed by atoms with van der Waals surface area (Å²) in [4.78, 5) is 0. The monoisotopic (exact) mass is 234 g/mol. The van der Waals surface area contributed by atoms with Crippen LogP contribution in [0.5, 0.6) is 0 Å². The van der Waals surface area contributed by atoms with E-state index in [2.05, 4.69) is 38.0 Å². The van der Waals surface area contributed by atoms with Gasteiger partial charge in [0.05, 0.1) is 11.2 Å². The smallest absolute Gasteiger partial charge is 0.173 e. The fourth-order valence-electron chi connectivity index (χ4n) is 3.51. The van der Waals surface area contributed by atoms with E-state index in [1.165, 1.54) is 0 Å². The van der Waals surface area contributed by atoms with E-state index in [9.17, 15) is 10.2 Å². The first-order valence-electron chi connectivity index (χ1n) is 6.58. The lowest BCUT2D eigenvalue weighted by Crippen LogP contribution is -2.74. The minimum Gasteiger partial charge on any atom is -0.387 e. The highest BCUT2D eigenvalue weighted by molar-refractivity contribution is 6.49.